The van der Waals surface area contributed by atoms with E-state index in [1.165, 1.54) is 0 Å². The maximum absolute atomic E-state index is 13.2. The van der Waals surface area contributed by atoms with Gasteiger partial charge in [-0.2, -0.15) is 0 Å². The van der Waals surface area contributed by atoms with E-state index in [9.17, 15) is 14.4 Å². The second-order valence-electron chi connectivity index (χ2n) is 9.97. The van der Waals surface area contributed by atoms with Crippen molar-refractivity contribution in [1.29, 1.82) is 0 Å². The molecule has 0 spiro atoms. The number of ketones is 1. The molecule has 2 aliphatic rings. The van der Waals surface area contributed by atoms with Gasteiger partial charge in [-0.05, 0) is 58.2 Å². The highest BCUT2D eigenvalue weighted by molar-refractivity contribution is 6.26. The van der Waals surface area contributed by atoms with E-state index in [1.807, 2.05) is 32.9 Å². The normalized spacial score (nSPS) is 18.8. The Kier molecular flexibility index (Phi) is 6.67. The van der Waals surface area contributed by atoms with Crippen LogP contribution in [-0.4, -0.2) is 43.2 Å². The zero-order valence-electron chi connectivity index (χ0n) is 19.8. The number of ether oxygens (including phenoxy) is 3. The highest BCUT2D eigenvalue weighted by Gasteiger charge is 2.43. The molecule has 0 aromatic heterocycles. The first-order valence-electron chi connectivity index (χ1n) is 11.1. The van der Waals surface area contributed by atoms with Crippen LogP contribution in [0.5, 0.6) is 5.75 Å². The van der Waals surface area contributed by atoms with Crippen LogP contribution in [0, 0.1) is 5.41 Å². The van der Waals surface area contributed by atoms with Crippen molar-refractivity contribution in [2.75, 3.05) is 19.8 Å². The average molecular weight is 444 g/mol. The number of allylic oxidation sites excluding steroid dienone is 1. The van der Waals surface area contributed by atoms with Crippen LogP contribution in [0.15, 0.2) is 23.8 Å². The number of amides is 1. The van der Waals surface area contributed by atoms with E-state index in [-0.39, 0.29) is 29.3 Å². The molecule has 1 amide bonds. The van der Waals surface area contributed by atoms with Crippen molar-refractivity contribution in [3.8, 4) is 5.75 Å². The van der Waals surface area contributed by atoms with Crippen molar-refractivity contribution in [3.05, 3.63) is 40.5 Å². The molecule has 7 heteroatoms. The number of rotatable bonds is 6. The summed E-state index contributed by atoms with van der Waals surface area (Å²) < 4.78 is 16.4. The van der Waals surface area contributed by atoms with Gasteiger partial charge in [-0.3, -0.25) is 4.79 Å². The van der Waals surface area contributed by atoms with E-state index < -0.39 is 17.7 Å². The first-order chi connectivity index (χ1) is 14.9. The average Bonchev–Trinajstić information content (AvgIpc) is 2.68. The lowest BCUT2D eigenvalue weighted by Crippen LogP contribution is -2.37. The van der Waals surface area contributed by atoms with Gasteiger partial charge in [-0.1, -0.05) is 19.9 Å². The SMILES string of the molecule is CCOC(=O)C1=CC2c3c(cc(CCCNC(=O)OC(C)(C)C)cc3C1=O)OCC2(C)C. The second kappa shape index (κ2) is 8.96. The molecule has 1 aliphatic heterocycles. The van der Waals surface area contributed by atoms with Gasteiger partial charge in [0.2, 0.25) is 0 Å². The number of carbonyl (C=O) groups excluding carboxylic acids is 3. The molecule has 1 N–H and O–H groups in total. The molecule has 3 rings (SSSR count). The van der Waals surface area contributed by atoms with Gasteiger partial charge in [0.25, 0.3) is 0 Å². The number of aryl methyl sites for hydroxylation is 1. The van der Waals surface area contributed by atoms with Gasteiger partial charge in [0, 0.05) is 29.0 Å². The third-order valence-electron chi connectivity index (χ3n) is 5.58. The van der Waals surface area contributed by atoms with E-state index in [0.29, 0.717) is 37.3 Å². The van der Waals surface area contributed by atoms with Crippen molar-refractivity contribution >= 4 is 17.8 Å². The highest BCUT2D eigenvalue weighted by atomic mass is 16.6. The van der Waals surface area contributed by atoms with Gasteiger partial charge >= 0.3 is 12.1 Å². The number of alkyl carbamates (subject to hydrolysis) is 1. The minimum Gasteiger partial charge on any atom is -0.493 e. The molecule has 1 heterocycles. The van der Waals surface area contributed by atoms with Crippen molar-refractivity contribution in [3.63, 3.8) is 0 Å². The number of esters is 1. The lowest BCUT2D eigenvalue weighted by Gasteiger charge is -2.41. The predicted molar refractivity (Wildman–Crippen MR) is 120 cm³/mol. The van der Waals surface area contributed by atoms with Gasteiger partial charge < -0.3 is 19.5 Å². The summed E-state index contributed by atoms with van der Waals surface area (Å²) in [6.45, 7) is 12.4. The Bertz CT molecular complexity index is 954. The summed E-state index contributed by atoms with van der Waals surface area (Å²) in [7, 11) is 0. The number of nitrogens with one attached hydrogen (secondary N) is 1. The number of benzene rings is 1. The van der Waals surface area contributed by atoms with Crippen LogP contribution in [0.25, 0.3) is 0 Å². The summed E-state index contributed by atoms with van der Waals surface area (Å²) in [4.78, 5) is 37.5. The molecule has 0 saturated carbocycles. The maximum atomic E-state index is 13.2. The topological polar surface area (TPSA) is 90.9 Å². The molecular weight excluding hydrogens is 410 g/mol. The van der Waals surface area contributed by atoms with Crippen molar-refractivity contribution < 1.29 is 28.6 Å². The molecule has 1 aromatic rings. The van der Waals surface area contributed by atoms with Gasteiger partial charge in [-0.15, -0.1) is 0 Å². The molecule has 1 aliphatic carbocycles. The fourth-order valence-electron chi connectivity index (χ4n) is 4.06. The van der Waals surface area contributed by atoms with E-state index in [4.69, 9.17) is 14.2 Å². The van der Waals surface area contributed by atoms with Crippen LogP contribution in [0.3, 0.4) is 0 Å². The summed E-state index contributed by atoms with van der Waals surface area (Å²) in [5.74, 6) is -0.333. The first-order valence-corrected chi connectivity index (χ1v) is 11.1. The summed E-state index contributed by atoms with van der Waals surface area (Å²) in [5.41, 5.74) is 1.54. The van der Waals surface area contributed by atoms with E-state index >= 15 is 0 Å². The third kappa shape index (κ3) is 5.14. The Morgan fingerprint density at radius 1 is 1.25 bits per heavy atom. The summed E-state index contributed by atoms with van der Waals surface area (Å²) in [5, 5.41) is 2.74. The maximum Gasteiger partial charge on any atom is 0.407 e. The van der Waals surface area contributed by atoms with Crippen molar-refractivity contribution in [2.24, 2.45) is 5.41 Å². The standard InChI is InChI=1S/C25H33NO6/c1-7-30-22(28)17-13-18-20-16(21(17)27)11-15(12-19(20)31-14-25(18,5)6)9-8-10-26-23(29)32-24(2,3)4/h11-13,18H,7-10,14H2,1-6H3,(H,26,29). The van der Waals surface area contributed by atoms with E-state index in [0.717, 1.165) is 11.1 Å². The fourth-order valence-corrected chi connectivity index (χ4v) is 4.06. The molecule has 1 aromatic carbocycles. The monoisotopic (exact) mass is 443 g/mol. The van der Waals surface area contributed by atoms with E-state index in [2.05, 4.69) is 19.2 Å². The minimum atomic E-state index is -0.584. The zero-order valence-corrected chi connectivity index (χ0v) is 19.8. The Hall–Kier alpha value is -2.83. The number of carbonyl (C=O) groups is 3. The quantitative estimate of drug-likeness (QED) is 0.400. The Morgan fingerprint density at radius 2 is 1.97 bits per heavy atom. The Balaban J connectivity index is 1.80. The Morgan fingerprint density at radius 3 is 2.62 bits per heavy atom. The minimum absolute atomic E-state index is 0.0917. The molecule has 0 radical (unpaired) electrons. The molecule has 1 atom stereocenters. The number of hydrogen-bond donors (Lipinski definition) is 1. The molecular formula is C25H33NO6. The van der Waals surface area contributed by atoms with Gasteiger partial charge in [0.15, 0.2) is 5.78 Å². The van der Waals surface area contributed by atoms with Crippen LogP contribution in [0.1, 0.15) is 75.4 Å². The molecule has 0 fully saturated rings. The third-order valence-corrected chi connectivity index (χ3v) is 5.58. The lowest BCUT2D eigenvalue weighted by molar-refractivity contribution is -0.138. The van der Waals surface area contributed by atoms with Crippen LogP contribution >= 0.6 is 0 Å². The predicted octanol–water partition coefficient (Wildman–Crippen LogP) is 4.33. The van der Waals surface area contributed by atoms with Gasteiger partial charge in [0.05, 0.1) is 13.2 Å². The molecule has 1 unspecified atom stereocenters. The van der Waals surface area contributed by atoms with Crippen LogP contribution in [0.4, 0.5) is 4.79 Å². The first kappa shape index (κ1) is 23.8. The largest absolute Gasteiger partial charge is 0.493 e. The summed E-state index contributed by atoms with van der Waals surface area (Å²) in [6, 6.07) is 3.81. The Labute approximate surface area is 189 Å². The smallest absolute Gasteiger partial charge is 0.407 e. The summed E-state index contributed by atoms with van der Waals surface area (Å²) >= 11 is 0. The number of hydrogen-bond acceptors (Lipinski definition) is 6. The molecule has 0 saturated heterocycles. The second-order valence-corrected chi connectivity index (χ2v) is 9.97. The highest BCUT2D eigenvalue weighted by Crippen LogP contribution is 2.50. The van der Waals surface area contributed by atoms with Crippen LogP contribution in [-0.2, 0) is 20.7 Å². The van der Waals surface area contributed by atoms with E-state index in [1.54, 1.807) is 13.0 Å². The molecule has 174 valence electrons. The number of Topliss-reactive ketones (excluding diaryl/α,β-unsaturated/α-hetero) is 1. The zero-order chi connectivity index (χ0) is 23.7. The lowest BCUT2D eigenvalue weighted by atomic mass is 9.68. The molecule has 0 bridgehead atoms. The molecule has 32 heavy (non-hydrogen) atoms. The van der Waals surface area contributed by atoms with Crippen LogP contribution < -0.4 is 10.1 Å². The van der Waals surface area contributed by atoms with Gasteiger partial charge in [0.1, 0.15) is 16.9 Å². The van der Waals surface area contributed by atoms with Crippen molar-refractivity contribution in [2.45, 2.75) is 65.9 Å². The van der Waals surface area contributed by atoms with Crippen molar-refractivity contribution in [1.82, 2.24) is 5.32 Å². The fraction of sp³-hybridized carbons (Fsp3) is 0.560. The molecule has 7 nitrogen and oxygen atoms in total. The van der Waals surface area contributed by atoms with Crippen LogP contribution in [0.2, 0.25) is 0 Å². The summed E-state index contributed by atoms with van der Waals surface area (Å²) in [6.07, 6.45) is 2.60. The van der Waals surface area contributed by atoms with Gasteiger partial charge in [-0.25, -0.2) is 9.59 Å².